The van der Waals surface area contributed by atoms with Crippen LogP contribution in [0.3, 0.4) is 0 Å². The molecule has 0 unspecified atom stereocenters. The van der Waals surface area contributed by atoms with Crippen LogP contribution in [0.5, 0.6) is 5.75 Å². The van der Waals surface area contributed by atoms with Crippen LogP contribution >= 0.6 is 11.6 Å². The van der Waals surface area contributed by atoms with Gasteiger partial charge in [-0.3, -0.25) is 20.3 Å². The van der Waals surface area contributed by atoms with Crippen LogP contribution < -0.4 is 15.0 Å². The highest BCUT2D eigenvalue weighted by molar-refractivity contribution is 7.89. The number of carbonyl (C=O) groups excluding carboxylic acids is 1. The number of nitro groups is 1. The topological polar surface area (TPSA) is 128 Å². The number of ether oxygens (including phenoxy) is 1. The highest BCUT2D eigenvalue weighted by Gasteiger charge is 2.15. The van der Waals surface area contributed by atoms with Crippen LogP contribution in [-0.2, 0) is 14.8 Å². The maximum atomic E-state index is 11.9. The number of rotatable bonds is 7. The highest BCUT2D eigenvalue weighted by Crippen LogP contribution is 2.17. The lowest BCUT2D eigenvalue weighted by molar-refractivity contribution is -0.384. The summed E-state index contributed by atoms with van der Waals surface area (Å²) in [6.45, 7) is -0.485. The van der Waals surface area contributed by atoms with Crippen LogP contribution in [0.4, 0.5) is 5.69 Å². The van der Waals surface area contributed by atoms with E-state index in [0.717, 1.165) is 0 Å². The highest BCUT2D eigenvalue weighted by atomic mass is 35.5. The molecule has 2 N–H and O–H groups in total. The summed E-state index contributed by atoms with van der Waals surface area (Å²) < 4.78 is 29.0. The van der Waals surface area contributed by atoms with Crippen molar-refractivity contribution in [3.63, 3.8) is 0 Å². The Balaban J connectivity index is 1.85. The van der Waals surface area contributed by atoms with Crippen molar-refractivity contribution in [2.24, 2.45) is 0 Å². The van der Waals surface area contributed by atoms with Gasteiger partial charge >= 0.3 is 0 Å². The van der Waals surface area contributed by atoms with Crippen molar-refractivity contribution in [3.8, 4) is 5.75 Å². The Labute approximate surface area is 147 Å². The zero-order valence-corrected chi connectivity index (χ0v) is 14.1. The van der Waals surface area contributed by atoms with E-state index in [-0.39, 0.29) is 16.3 Å². The molecule has 0 saturated heterocycles. The van der Waals surface area contributed by atoms with Gasteiger partial charge in [0.25, 0.3) is 21.6 Å². The number of nitro benzene ring substituents is 1. The van der Waals surface area contributed by atoms with Gasteiger partial charge in [-0.2, -0.15) is 0 Å². The molecule has 0 aliphatic heterocycles. The van der Waals surface area contributed by atoms with Gasteiger partial charge < -0.3 is 4.74 Å². The van der Waals surface area contributed by atoms with E-state index in [1.165, 1.54) is 48.5 Å². The molecule has 2 rings (SSSR count). The number of hydrazine groups is 1. The van der Waals surface area contributed by atoms with Crippen LogP contribution in [0, 0.1) is 10.1 Å². The Hall–Kier alpha value is -2.69. The van der Waals surface area contributed by atoms with Crippen LogP contribution in [0.2, 0.25) is 5.02 Å². The first-order chi connectivity index (χ1) is 11.8. The molecule has 1 amide bonds. The van der Waals surface area contributed by atoms with Crippen molar-refractivity contribution in [1.29, 1.82) is 0 Å². The van der Waals surface area contributed by atoms with E-state index < -0.39 is 27.5 Å². The molecule has 0 aliphatic rings. The summed E-state index contributed by atoms with van der Waals surface area (Å²) in [6.07, 6.45) is 0. The average Bonchev–Trinajstić information content (AvgIpc) is 2.59. The minimum atomic E-state index is -3.94. The number of hydrogen-bond acceptors (Lipinski definition) is 6. The van der Waals surface area contributed by atoms with Gasteiger partial charge in [-0.05, 0) is 36.4 Å². The molecule has 0 spiro atoms. The number of nitrogens with zero attached hydrogens (tertiary/aromatic N) is 1. The third-order valence-electron chi connectivity index (χ3n) is 2.87. The summed E-state index contributed by atoms with van der Waals surface area (Å²) in [4.78, 5) is 23.4. The van der Waals surface area contributed by atoms with Crippen molar-refractivity contribution in [2.45, 2.75) is 4.90 Å². The molecule has 0 aromatic heterocycles. The van der Waals surface area contributed by atoms with E-state index >= 15 is 0 Å². The van der Waals surface area contributed by atoms with Crippen LogP contribution in [0.25, 0.3) is 0 Å². The second-order valence-electron chi connectivity index (χ2n) is 4.65. The molecular weight excluding hydrogens is 374 g/mol. The molecule has 2 aromatic carbocycles. The third-order valence-corrected chi connectivity index (χ3v) is 4.38. The van der Waals surface area contributed by atoms with Gasteiger partial charge in [0.2, 0.25) is 0 Å². The monoisotopic (exact) mass is 385 g/mol. The molecule has 0 aliphatic carbocycles. The minimum absolute atomic E-state index is 0.0755. The predicted octanol–water partition coefficient (Wildman–Crippen LogP) is 1.64. The number of nitrogens with one attached hydrogen (secondary N) is 2. The van der Waals surface area contributed by atoms with Crippen LogP contribution in [0.15, 0.2) is 53.4 Å². The Bertz CT molecular complexity index is 868. The first-order valence-electron chi connectivity index (χ1n) is 6.71. The van der Waals surface area contributed by atoms with E-state index in [0.29, 0.717) is 5.02 Å². The Morgan fingerprint density at radius 3 is 2.28 bits per heavy atom. The zero-order chi connectivity index (χ0) is 18.4. The van der Waals surface area contributed by atoms with E-state index in [4.69, 9.17) is 16.3 Å². The standard InChI is InChI=1S/C14H12ClN3O6S/c15-10-1-7-13(8-2-10)25(22,23)17-16-14(19)9-24-12-5-3-11(4-6-12)18(20)21/h1-8,17H,9H2,(H,16,19). The van der Waals surface area contributed by atoms with Gasteiger partial charge in [0, 0.05) is 17.2 Å². The van der Waals surface area contributed by atoms with Gasteiger partial charge in [-0.1, -0.05) is 11.6 Å². The summed E-state index contributed by atoms with van der Waals surface area (Å²) in [5.74, 6) is -0.530. The molecule has 0 bridgehead atoms. The van der Waals surface area contributed by atoms with Crippen LogP contribution in [0.1, 0.15) is 0 Å². The van der Waals surface area contributed by atoms with Gasteiger partial charge in [0.1, 0.15) is 5.75 Å². The van der Waals surface area contributed by atoms with E-state index in [1.807, 2.05) is 10.3 Å². The lowest BCUT2D eigenvalue weighted by Crippen LogP contribution is -2.43. The lowest BCUT2D eigenvalue weighted by Gasteiger charge is -2.09. The van der Waals surface area contributed by atoms with E-state index in [9.17, 15) is 23.3 Å². The molecule has 0 radical (unpaired) electrons. The number of amides is 1. The summed E-state index contributed by atoms with van der Waals surface area (Å²) in [6, 6.07) is 10.4. The second kappa shape index (κ2) is 7.92. The van der Waals surface area contributed by atoms with Gasteiger partial charge in [0.05, 0.1) is 9.82 Å². The number of hydrogen-bond donors (Lipinski definition) is 2. The van der Waals surface area contributed by atoms with Crippen LogP contribution in [-0.4, -0.2) is 25.9 Å². The molecule has 132 valence electrons. The van der Waals surface area contributed by atoms with Crippen molar-refractivity contribution in [2.75, 3.05) is 6.61 Å². The normalized spacial score (nSPS) is 10.9. The first kappa shape index (κ1) is 18.6. The molecule has 0 saturated carbocycles. The minimum Gasteiger partial charge on any atom is -0.484 e. The number of benzene rings is 2. The SMILES string of the molecule is O=C(COc1ccc([N+](=O)[O-])cc1)NNS(=O)(=O)c1ccc(Cl)cc1. The summed E-state index contributed by atoms with van der Waals surface area (Å²) in [5, 5.41) is 10.9. The average molecular weight is 386 g/mol. The maximum absolute atomic E-state index is 11.9. The fourth-order valence-electron chi connectivity index (χ4n) is 1.65. The Morgan fingerprint density at radius 2 is 1.72 bits per heavy atom. The molecule has 0 heterocycles. The molecular formula is C14H12ClN3O6S. The first-order valence-corrected chi connectivity index (χ1v) is 8.57. The fourth-order valence-corrected chi connectivity index (χ4v) is 2.63. The van der Waals surface area contributed by atoms with Gasteiger partial charge in [0.15, 0.2) is 6.61 Å². The van der Waals surface area contributed by atoms with Crippen molar-refractivity contribution < 1.29 is 22.9 Å². The largest absolute Gasteiger partial charge is 0.484 e. The number of halogens is 1. The Kier molecular flexibility index (Phi) is 5.91. The van der Waals surface area contributed by atoms with E-state index in [1.54, 1.807) is 0 Å². The van der Waals surface area contributed by atoms with Crippen molar-refractivity contribution in [1.82, 2.24) is 10.3 Å². The lowest BCUT2D eigenvalue weighted by atomic mass is 10.3. The molecule has 9 nitrogen and oxygen atoms in total. The second-order valence-corrected chi connectivity index (χ2v) is 6.77. The van der Waals surface area contributed by atoms with E-state index in [2.05, 4.69) is 0 Å². The zero-order valence-electron chi connectivity index (χ0n) is 12.5. The quantitative estimate of drug-likeness (QED) is 0.550. The van der Waals surface area contributed by atoms with Gasteiger partial charge in [-0.25, -0.2) is 8.42 Å². The fraction of sp³-hybridized carbons (Fsp3) is 0.0714. The van der Waals surface area contributed by atoms with Crippen molar-refractivity contribution >= 4 is 33.2 Å². The smallest absolute Gasteiger partial charge is 0.272 e. The third kappa shape index (κ3) is 5.41. The number of carbonyl (C=O) groups is 1. The van der Waals surface area contributed by atoms with Crippen molar-refractivity contribution in [3.05, 3.63) is 63.7 Å². The molecule has 2 aromatic rings. The summed E-state index contributed by atoms with van der Waals surface area (Å²) >= 11 is 5.68. The predicted molar refractivity (Wildman–Crippen MR) is 88.5 cm³/mol. The number of non-ortho nitro benzene ring substituents is 1. The maximum Gasteiger partial charge on any atom is 0.272 e. The molecule has 11 heteroatoms. The summed E-state index contributed by atoms with van der Waals surface area (Å²) in [7, 11) is -3.94. The number of sulfonamides is 1. The molecule has 25 heavy (non-hydrogen) atoms. The van der Waals surface area contributed by atoms with Gasteiger partial charge in [-0.15, -0.1) is 4.83 Å². The summed E-state index contributed by atoms with van der Waals surface area (Å²) in [5.41, 5.74) is 1.87. The molecule has 0 atom stereocenters. The Morgan fingerprint density at radius 1 is 1.12 bits per heavy atom. The molecule has 0 fully saturated rings.